The van der Waals surface area contributed by atoms with Crippen molar-refractivity contribution in [2.24, 2.45) is 11.8 Å². The molecule has 1 fully saturated rings. The Kier molecular flexibility index (Phi) is 7.33. The summed E-state index contributed by atoms with van der Waals surface area (Å²) in [5.74, 6) is 0.651. The zero-order chi connectivity index (χ0) is 13.4. The molecule has 0 heterocycles. The molecule has 0 aromatic rings. The fraction of sp³-hybridized carbons (Fsp3) is 0.933. The second kappa shape index (κ2) is 8.52. The molecule has 0 amide bonds. The van der Waals surface area contributed by atoms with E-state index >= 15 is 0 Å². The Labute approximate surface area is 112 Å². The number of carbonyl (C=O) groups is 1. The van der Waals surface area contributed by atoms with Gasteiger partial charge in [0.2, 0.25) is 0 Å². The molecule has 0 aromatic heterocycles. The Bertz CT molecular complexity index is 235. The first-order valence-electron chi connectivity index (χ1n) is 7.55. The third kappa shape index (κ3) is 5.38. The summed E-state index contributed by atoms with van der Waals surface area (Å²) in [6.45, 7) is 7.25. The van der Waals surface area contributed by atoms with Gasteiger partial charge in [-0.2, -0.15) is 0 Å². The van der Waals surface area contributed by atoms with Crippen LogP contribution in [-0.2, 0) is 9.53 Å². The Morgan fingerprint density at radius 3 is 2.39 bits per heavy atom. The fourth-order valence-corrected chi connectivity index (χ4v) is 2.71. The Hall–Kier alpha value is -0.570. The van der Waals surface area contributed by atoms with Crippen LogP contribution in [0.2, 0.25) is 0 Å². The van der Waals surface area contributed by atoms with Crippen molar-refractivity contribution in [1.29, 1.82) is 0 Å². The third-order valence-corrected chi connectivity index (χ3v) is 4.04. The van der Waals surface area contributed by atoms with Crippen LogP contribution in [0.15, 0.2) is 0 Å². The second-order valence-corrected chi connectivity index (χ2v) is 5.60. The molecule has 1 unspecified atom stereocenters. The lowest BCUT2D eigenvalue weighted by Gasteiger charge is -2.24. The van der Waals surface area contributed by atoms with Crippen molar-refractivity contribution in [2.45, 2.75) is 65.3 Å². The summed E-state index contributed by atoms with van der Waals surface area (Å²) < 4.78 is 5.02. The van der Waals surface area contributed by atoms with Crippen LogP contribution in [0, 0.1) is 11.8 Å². The lowest BCUT2D eigenvalue weighted by atomic mass is 9.92. The van der Waals surface area contributed by atoms with E-state index in [0.717, 1.165) is 12.5 Å². The number of hydrogen-bond donors (Lipinski definition) is 1. The first kappa shape index (κ1) is 15.5. The topological polar surface area (TPSA) is 38.3 Å². The maximum Gasteiger partial charge on any atom is 0.309 e. The van der Waals surface area contributed by atoms with Crippen LogP contribution < -0.4 is 5.32 Å². The molecule has 1 rings (SSSR count). The van der Waals surface area contributed by atoms with E-state index in [1.54, 1.807) is 0 Å². The minimum absolute atomic E-state index is 0.0434. The molecule has 18 heavy (non-hydrogen) atoms. The molecular formula is C15H29NO2. The van der Waals surface area contributed by atoms with Gasteiger partial charge in [0.1, 0.15) is 0 Å². The first-order chi connectivity index (χ1) is 8.65. The molecular weight excluding hydrogens is 226 g/mol. The molecule has 3 nitrogen and oxygen atoms in total. The molecule has 0 aromatic carbocycles. The van der Waals surface area contributed by atoms with Crippen LogP contribution in [-0.4, -0.2) is 25.2 Å². The Morgan fingerprint density at radius 2 is 1.83 bits per heavy atom. The number of carbonyl (C=O) groups excluding carboxylic acids is 1. The van der Waals surface area contributed by atoms with Gasteiger partial charge in [-0.15, -0.1) is 0 Å². The molecule has 0 aliphatic heterocycles. The van der Waals surface area contributed by atoms with Crippen LogP contribution in [0.5, 0.6) is 0 Å². The Balaban J connectivity index is 2.26. The maximum absolute atomic E-state index is 11.5. The predicted octanol–water partition coefficient (Wildman–Crippen LogP) is 3.13. The molecule has 0 saturated heterocycles. The van der Waals surface area contributed by atoms with Crippen LogP contribution in [0.1, 0.15) is 59.3 Å². The first-order valence-corrected chi connectivity index (χ1v) is 7.55. The number of nitrogens with one attached hydrogen (secondary N) is 1. The molecule has 0 radical (unpaired) electrons. The van der Waals surface area contributed by atoms with Crippen molar-refractivity contribution in [2.75, 3.05) is 13.2 Å². The summed E-state index contributed by atoms with van der Waals surface area (Å²) in [4.78, 5) is 11.5. The molecule has 0 spiro atoms. The van der Waals surface area contributed by atoms with Gasteiger partial charge in [-0.3, -0.25) is 4.79 Å². The number of hydrogen-bond acceptors (Lipinski definition) is 3. The summed E-state index contributed by atoms with van der Waals surface area (Å²) in [7, 11) is 0. The van der Waals surface area contributed by atoms with Gasteiger partial charge in [-0.25, -0.2) is 0 Å². The summed E-state index contributed by atoms with van der Waals surface area (Å²) in [6, 6.07) is 0.514. The van der Waals surface area contributed by atoms with Crippen molar-refractivity contribution >= 4 is 5.97 Å². The zero-order valence-electron chi connectivity index (χ0n) is 12.2. The molecule has 0 bridgehead atoms. The Morgan fingerprint density at radius 1 is 1.22 bits per heavy atom. The van der Waals surface area contributed by atoms with Crippen molar-refractivity contribution in [3.63, 3.8) is 0 Å². The van der Waals surface area contributed by atoms with E-state index in [1.807, 2.05) is 13.8 Å². The van der Waals surface area contributed by atoms with Crippen molar-refractivity contribution in [1.82, 2.24) is 5.32 Å². The van der Waals surface area contributed by atoms with Gasteiger partial charge in [0.15, 0.2) is 0 Å². The van der Waals surface area contributed by atoms with Gasteiger partial charge in [0, 0.05) is 12.6 Å². The van der Waals surface area contributed by atoms with E-state index in [4.69, 9.17) is 4.74 Å². The second-order valence-electron chi connectivity index (χ2n) is 5.60. The predicted molar refractivity (Wildman–Crippen MR) is 74.5 cm³/mol. The number of ether oxygens (including phenoxy) is 1. The lowest BCUT2D eigenvalue weighted by Crippen LogP contribution is -2.38. The van der Waals surface area contributed by atoms with Gasteiger partial charge < -0.3 is 10.1 Å². The minimum Gasteiger partial charge on any atom is -0.466 e. The summed E-state index contributed by atoms with van der Waals surface area (Å²) in [5, 5.41) is 3.52. The van der Waals surface area contributed by atoms with E-state index in [1.165, 1.54) is 38.5 Å². The number of rotatable bonds is 6. The average molecular weight is 255 g/mol. The molecule has 1 aliphatic rings. The summed E-state index contributed by atoms with van der Waals surface area (Å²) >= 11 is 0. The van der Waals surface area contributed by atoms with Gasteiger partial charge in [-0.1, -0.05) is 32.6 Å². The van der Waals surface area contributed by atoms with E-state index in [2.05, 4.69) is 12.2 Å². The normalized spacial score (nSPS) is 21.1. The van der Waals surface area contributed by atoms with Crippen molar-refractivity contribution in [3.8, 4) is 0 Å². The van der Waals surface area contributed by atoms with E-state index < -0.39 is 0 Å². The highest BCUT2D eigenvalue weighted by molar-refractivity contribution is 5.72. The monoisotopic (exact) mass is 255 g/mol. The highest BCUT2D eigenvalue weighted by Crippen LogP contribution is 2.25. The van der Waals surface area contributed by atoms with Crippen LogP contribution >= 0.6 is 0 Å². The third-order valence-electron chi connectivity index (χ3n) is 4.04. The van der Waals surface area contributed by atoms with Crippen LogP contribution in [0.25, 0.3) is 0 Å². The quantitative estimate of drug-likeness (QED) is 0.585. The molecule has 3 heteroatoms. The lowest BCUT2D eigenvalue weighted by molar-refractivity contribution is -0.147. The van der Waals surface area contributed by atoms with Gasteiger partial charge in [0.25, 0.3) is 0 Å². The standard InChI is InChI=1S/C15H29NO2/c1-4-18-15(17)12(2)11-16-13(3)14-9-7-5-6-8-10-14/h12-14,16H,4-11H2,1-3H3/t12?,13-/m0/s1. The molecule has 1 saturated carbocycles. The SMILES string of the molecule is CCOC(=O)C(C)CN[C@@H](C)C1CCCCCC1. The van der Waals surface area contributed by atoms with Gasteiger partial charge in [0.05, 0.1) is 12.5 Å². The molecule has 106 valence electrons. The van der Waals surface area contributed by atoms with Crippen LogP contribution in [0.4, 0.5) is 0 Å². The highest BCUT2D eigenvalue weighted by atomic mass is 16.5. The zero-order valence-corrected chi connectivity index (χ0v) is 12.2. The average Bonchev–Trinajstić information content (AvgIpc) is 2.64. The van der Waals surface area contributed by atoms with Gasteiger partial charge >= 0.3 is 5.97 Å². The van der Waals surface area contributed by atoms with Crippen molar-refractivity contribution in [3.05, 3.63) is 0 Å². The van der Waals surface area contributed by atoms with Crippen molar-refractivity contribution < 1.29 is 9.53 Å². The fourth-order valence-electron chi connectivity index (χ4n) is 2.71. The molecule has 2 atom stereocenters. The summed E-state index contributed by atoms with van der Waals surface area (Å²) in [5.41, 5.74) is 0. The van der Waals surface area contributed by atoms with E-state index in [9.17, 15) is 4.79 Å². The summed E-state index contributed by atoms with van der Waals surface area (Å²) in [6.07, 6.45) is 8.18. The highest BCUT2D eigenvalue weighted by Gasteiger charge is 2.20. The smallest absolute Gasteiger partial charge is 0.309 e. The molecule has 1 N–H and O–H groups in total. The minimum atomic E-state index is -0.0851. The maximum atomic E-state index is 11.5. The van der Waals surface area contributed by atoms with E-state index in [0.29, 0.717) is 12.6 Å². The largest absolute Gasteiger partial charge is 0.466 e. The van der Waals surface area contributed by atoms with Crippen LogP contribution in [0.3, 0.4) is 0 Å². The van der Waals surface area contributed by atoms with E-state index in [-0.39, 0.29) is 11.9 Å². The number of esters is 1. The van der Waals surface area contributed by atoms with Gasteiger partial charge in [-0.05, 0) is 32.6 Å². The molecule has 1 aliphatic carbocycles.